The maximum Gasteiger partial charge on any atom is 0.347 e. The normalized spacial score (nSPS) is 11.4. The predicted molar refractivity (Wildman–Crippen MR) is 88.5 cm³/mol. The van der Waals surface area contributed by atoms with Crippen LogP contribution in [0.1, 0.15) is 28.5 Å². The van der Waals surface area contributed by atoms with Crippen LogP contribution in [-0.4, -0.2) is 15.6 Å². The predicted octanol–water partition coefficient (Wildman–Crippen LogP) is 3.21. The summed E-state index contributed by atoms with van der Waals surface area (Å²) in [4.78, 5) is 24.3. The van der Waals surface area contributed by atoms with Gasteiger partial charge in [-0.25, -0.2) is 4.79 Å². The maximum atomic E-state index is 12.3. The summed E-state index contributed by atoms with van der Waals surface area (Å²) in [7, 11) is 0. The summed E-state index contributed by atoms with van der Waals surface area (Å²) in [5.41, 5.74) is 1.56. The number of allylic oxidation sites excluding steroid dienone is 1. The zero-order valence-electron chi connectivity index (χ0n) is 12.9. The van der Waals surface area contributed by atoms with Gasteiger partial charge in [-0.15, -0.1) is 0 Å². The van der Waals surface area contributed by atoms with Crippen molar-refractivity contribution in [2.45, 2.75) is 20.4 Å². The molecule has 0 N–H and O–H groups in total. The average molecular weight is 308 g/mol. The van der Waals surface area contributed by atoms with Crippen LogP contribution in [-0.2, 0) is 6.54 Å². The maximum absolute atomic E-state index is 12.3. The van der Waals surface area contributed by atoms with Gasteiger partial charge in [0.2, 0.25) is 0 Å². The Hall–Kier alpha value is -2.95. The minimum Gasteiger partial charge on any atom is -0.422 e. The Balaban J connectivity index is 1.94. The number of hydrogen-bond donors (Lipinski definition) is 0. The minimum atomic E-state index is -0.626. The molecule has 0 aliphatic heterocycles. The highest BCUT2D eigenvalue weighted by Crippen LogP contribution is 2.14. The van der Waals surface area contributed by atoms with Crippen LogP contribution >= 0.6 is 0 Å². The van der Waals surface area contributed by atoms with Crippen molar-refractivity contribution in [1.29, 1.82) is 0 Å². The lowest BCUT2D eigenvalue weighted by molar-refractivity contribution is 0.104. The molecule has 2 aromatic heterocycles. The van der Waals surface area contributed by atoms with Gasteiger partial charge in [0, 0.05) is 23.7 Å². The fourth-order valence-electron chi connectivity index (χ4n) is 2.35. The van der Waals surface area contributed by atoms with Gasteiger partial charge in [-0.3, -0.25) is 9.48 Å². The molecule has 5 heteroatoms. The minimum absolute atomic E-state index is 0.0282. The molecule has 2 heterocycles. The molecular formula is C18H16N2O3. The van der Waals surface area contributed by atoms with Crippen molar-refractivity contribution in [3.8, 4) is 0 Å². The van der Waals surface area contributed by atoms with Gasteiger partial charge in [0.1, 0.15) is 11.1 Å². The molecule has 3 rings (SSSR count). The van der Waals surface area contributed by atoms with E-state index in [1.54, 1.807) is 35.0 Å². The van der Waals surface area contributed by atoms with Gasteiger partial charge in [0.05, 0.1) is 5.69 Å². The van der Waals surface area contributed by atoms with E-state index in [2.05, 4.69) is 5.10 Å². The molecule has 1 aromatic carbocycles. The molecule has 0 amide bonds. The standard InChI is InChI=1S/C18H16N2O3/c1-3-20-11-14(12(2)19-20)8-9-16(21)15-10-13-6-4-5-7-17(13)23-18(15)22/h4-11H,3H2,1-2H3/b9-8+. The van der Waals surface area contributed by atoms with E-state index in [1.807, 2.05) is 26.1 Å². The lowest BCUT2D eigenvalue weighted by Gasteiger charge is -1.98. The summed E-state index contributed by atoms with van der Waals surface area (Å²) in [5, 5.41) is 5.03. The van der Waals surface area contributed by atoms with Gasteiger partial charge in [-0.05, 0) is 38.1 Å². The first-order valence-corrected chi connectivity index (χ1v) is 7.38. The number of benzene rings is 1. The summed E-state index contributed by atoms with van der Waals surface area (Å²) in [6.07, 6.45) is 4.92. The van der Waals surface area contributed by atoms with Crippen molar-refractivity contribution in [3.63, 3.8) is 0 Å². The van der Waals surface area contributed by atoms with Crippen molar-refractivity contribution in [3.05, 3.63) is 69.8 Å². The van der Waals surface area contributed by atoms with E-state index in [-0.39, 0.29) is 11.3 Å². The molecule has 23 heavy (non-hydrogen) atoms. The lowest BCUT2D eigenvalue weighted by Crippen LogP contribution is -2.11. The van der Waals surface area contributed by atoms with Gasteiger partial charge in [-0.1, -0.05) is 18.2 Å². The molecule has 116 valence electrons. The van der Waals surface area contributed by atoms with Crippen LogP contribution in [0, 0.1) is 6.92 Å². The van der Waals surface area contributed by atoms with Crippen LogP contribution in [0.2, 0.25) is 0 Å². The van der Waals surface area contributed by atoms with E-state index in [9.17, 15) is 9.59 Å². The first-order chi connectivity index (χ1) is 11.1. The Labute approximate surface area is 132 Å². The van der Waals surface area contributed by atoms with Crippen LogP contribution in [0.15, 0.2) is 51.8 Å². The summed E-state index contributed by atoms with van der Waals surface area (Å²) < 4.78 is 6.98. The van der Waals surface area contributed by atoms with Gasteiger partial charge in [0.15, 0.2) is 5.78 Å². The van der Waals surface area contributed by atoms with Gasteiger partial charge >= 0.3 is 5.63 Å². The summed E-state index contributed by atoms with van der Waals surface area (Å²) in [6.45, 7) is 4.63. The Morgan fingerprint density at radius 3 is 2.87 bits per heavy atom. The Bertz CT molecular complexity index is 964. The molecule has 0 unspecified atom stereocenters. The highest BCUT2D eigenvalue weighted by Gasteiger charge is 2.11. The van der Waals surface area contributed by atoms with E-state index < -0.39 is 5.63 Å². The Morgan fingerprint density at radius 2 is 2.13 bits per heavy atom. The van der Waals surface area contributed by atoms with Gasteiger partial charge in [0.25, 0.3) is 0 Å². The van der Waals surface area contributed by atoms with Crippen molar-refractivity contribution in [2.75, 3.05) is 0 Å². The smallest absolute Gasteiger partial charge is 0.347 e. The number of fused-ring (bicyclic) bond motifs is 1. The van der Waals surface area contributed by atoms with Crippen molar-refractivity contribution < 1.29 is 9.21 Å². The van der Waals surface area contributed by atoms with Gasteiger partial charge < -0.3 is 4.42 Å². The number of rotatable bonds is 4. The van der Waals surface area contributed by atoms with Crippen molar-refractivity contribution in [1.82, 2.24) is 9.78 Å². The van der Waals surface area contributed by atoms with Crippen LogP contribution in [0.3, 0.4) is 0 Å². The molecule has 0 aliphatic rings. The molecule has 0 saturated carbocycles. The Kier molecular flexibility index (Phi) is 3.93. The first kappa shape index (κ1) is 15.0. The average Bonchev–Trinajstić information content (AvgIpc) is 2.92. The second-order valence-corrected chi connectivity index (χ2v) is 5.21. The van der Waals surface area contributed by atoms with Crippen molar-refractivity contribution in [2.24, 2.45) is 0 Å². The summed E-state index contributed by atoms with van der Waals surface area (Å²) in [6, 6.07) is 8.67. The lowest BCUT2D eigenvalue weighted by atomic mass is 10.1. The molecular weight excluding hydrogens is 292 g/mol. The Morgan fingerprint density at radius 1 is 1.35 bits per heavy atom. The van der Waals surface area contributed by atoms with Gasteiger partial charge in [-0.2, -0.15) is 5.10 Å². The molecule has 0 atom stereocenters. The number of ketones is 1. The third kappa shape index (κ3) is 2.99. The second kappa shape index (κ2) is 6.04. The molecule has 0 spiro atoms. The zero-order valence-corrected chi connectivity index (χ0v) is 12.9. The molecule has 5 nitrogen and oxygen atoms in total. The first-order valence-electron chi connectivity index (χ1n) is 7.38. The zero-order chi connectivity index (χ0) is 16.4. The molecule has 0 fully saturated rings. The fraction of sp³-hybridized carbons (Fsp3) is 0.167. The molecule has 0 radical (unpaired) electrons. The third-order valence-electron chi connectivity index (χ3n) is 3.63. The second-order valence-electron chi connectivity index (χ2n) is 5.21. The van der Waals surface area contributed by atoms with Crippen LogP contribution in [0.5, 0.6) is 0 Å². The molecule has 0 bridgehead atoms. The number of carbonyl (C=O) groups excluding carboxylic acids is 1. The van der Waals surface area contributed by atoms with E-state index >= 15 is 0 Å². The number of carbonyl (C=O) groups is 1. The van der Waals surface area contributed by atoms with E-state index in [0.717, 1.165) is 23.2 Å². The van der Waals surface area contributed by atoms with Crippen molar-refractivity contribution >= 4 is 22.8 Å². The third-order valence-corrected chi connectivity index (χ3v) is 3.63. The van der Waals surface area contributed by atoms with E-state index in [0.29, 0.717) is 5.58 Å². The topological polar surface area (TPSA) is 65.1 Å². The monoisotopic (exact) mass is 308 g/mol. The number of aryl methyl sites for hydroxylation is 2. The summed E-state index contributed by atoms with van der Waals surface area (Å²) in [5.74, 6) is -0.381. The largest absolute Gasteiger partial charge is 0.422 e. The highest BCUT2D eigenvalue weighted by atomic mass is 16.4. The number of nitrogens with zero attached hydrogens (tertiary/aromatic N) is 2. The fourth-order valence-corrected chi connectivity index (χ4v) is 2.35. The number of para-hydroxylation sites is 1. The molecule has 3 aromatic rings. The molecule has 0 saturated heterocycles. The number of aromatic nitrogens is 2. The van der Waals surface area contributed by atoms with Crippen LogP contribution in [0.4, 0.5) is 0 Å². The SMILES string of the molecule is CCn1cc(/C=C/C(=O)c2cc3ccccc3oc2=O)c(C)n1. The highest BCUT2D eigenvalue weighted by molar-refractivity contribution is 6.07. The quantitative estimate of drug-likeness (QED) is 0.422. The van der Waals surface area contributed by atoms with E-state index in [4.69, 9.17) is 4.42 Å². The number of hydrogen-bond acceptors (Lipinski definition) is 4. The van der Waals surface area contributed by atoms with Crippen LogP contribution < -0.4 is 5.63 Å². The summed E-state index contributed by atoms with van der Waals surface area (Å²) >= 11 is 0. The molecule has 0 aliphatic carbocycles. The van der Waals surface area contributed by atoms with E-state index in [1.165, 1.54) is 6.08 Å². The van der Waals surface area contributed by atoms with Crippen LogP contribution in [0.25, 0.3) is 17.0 Å².